The Labute approximate surface area is 149 Å². The monoisotopic (exact) mass is 358 g/mol. The van der Waals surface area contributed by atoms with Crippen molar-refractivity contribution in [1.29, 1.82) is 0 Å². The van der Waals surface area contributed by atoms with Crippen LogP contribution in [-0.2, 0) is 0 Å². The van der Waals surface area contributed by atoms with Gasteiger partial charge < -0.3 is 10.2 Å². The van der Waals surface area contributed by atoms with Crippen LogP contribution < -0.4 is 11.0 Å². The molecule has 3 heterocycles. The molecule has 8 heteroatoms. The van der Waals surface area contributed by atoms with Gasteiger partial charge in [0.1, 0.15) is 11.5 Å². The molecule has 0 saturated carbocycles. The second kappa shape index (κ2) is 6.85. The van der Waals surface area contributed by atoms with Gasteiger partial charge in [-0.25, -0.2) is 14.9 Å². The van der Waals surface area contributed by atoms with Gasteiger partial charge in [-0.2, -0.15) is 5.10 Å². The minimum atomic E-state index is -0.341. The fraction of sp³-hybridized carbons (Fsp3) is 0.353. The molecular weight excluding hydrogens is 340 g/mol. The van der Waals surface area contributed by atoms with Crippen LogP contribution in [0.2, 0.25) is 0 Å². The van der Waals surface area contributed by atoms with Gasteiger partial charge in [-0.05, 0) is 17.9 Å². The second-order valence-electron chi connectivity index (χ2n) is 6.22. The summed E-state index contributed by atoms with van der Waals surface area (Å²) in [6.45, 7) is 2.89. The average molecular weight is 359 g/mol. The van der Waals surface area contributed by atoms with Gasteiger partial charge in [0.05, 0.1) is 0 Å². The summed E-state index contributed by atoms with van der Waals surface area (Å²) in [6, 6.07) is 10.3. The Balaban J connectivity index is 1.68. The molecule has 0 bridgehead atoms. The summed E-state index contributed by atoms with van der Waals surface area (Å²) in [4.78, 5) is 21.1. The molecule has 0 spiro atoms. The third kappa shape index (κ3) is 3.38. The smallest absolute Gasteiger partial charge is 0.340 e. The number of H-pyrrole nitrogens is 2. The van der Waals surface area contributed by atoms with E-state index in [2.05, 4.69) is 25.4 Å². The molecule has 7 nitrogen and oxygen atoms in total. The van der Waals surface area contributed by atoms with E-state index in [4.69, 9.17) is 16.6 Å². The normalized spacial score (nSPS) is 18.0. The summed E-state index contributed by atoms with van der Waals surface area (Å²) < 4.78 is 0. The summed E-state index contributed by atoms with van der Waals surface area (Å²) in [7, 11) is 0. The van der Waals surface area contributed by atoms with Crippen molar-refractivity contribution in [2.24, 2.45) is 0 Å². The number of hydrogen-bond donors (Lipinski definition) is 3. The largest absolute Gasteiger partial charge is 0.365 e. The lowest BCUT2D eigenvalue weighted by atomic mass is 10.1. The summed E-state index contributed by atoms with van der Waals surface area (Å²) in [5.74, 6) is 1.90. The number of pyridine rings is 1. The lowest BCUT2D eigenvalue weighted by Gasteiger charge is -2.17. The van der Waals surface area contributed by atoms with Crippen LogP contribution in [0.25, 0.3) is 22.3 Å². The van der Waals surface area contributed by atoms with Crippen LogP contribution in [0, 0.1) is 0 Å². The van der Waals surface area contributed by atoms with E-state index < -0.39 is 0 Å². The van der Waals surface area contributed by atoms with Crippen molar-refractivity contribution in [1.82, 2.24) is 25.1 Å². The quantitative estimate of drug-likeness (QED) is 0.607. The third-order valence-electron chi connectivity index (χ3n) is 4.50. The topological polar surface area (TPSA) is 89.7 Å². The predicted octanol–water partition coefficient (Wildman–Crippen LogP) is 2.04. The first-order chi connectivity index (χ1) is 12.2. The number of hydrogen-bond acceptors (Lipinski definition) is 5. The molecule has 3 aromatic rings. The van der Waals surface area contributed by atoms with Crippen LogP contribution in [0.5, 0.6) is 0 Å². The standard InChI is InChI=1S/C17H19ClN6O/c18-6-8-24-7-5-12(10-24)19-15-13-4-2-1-3-11(13)9-14(20-15)16-21-17(25)23-22-16/h1-4,9,12H,5-8,10H2,(H,19,20)(H2,21,22,23,25)/t12-/m0/s1. The zero-order valence-electron chi connectivity index (χ0n) is 13.6. The number of likely N-dealkylation sites (tertiary alicyclic amines) is 1. The fourth-order valence-corrected chi connectivity index (χ4v) is 3.53. The summed E-state index contributed by atoms with van der Waals surface area (Å²) >= 11 is 5.84. The Kier molecular flexibility index (Phi) is 4.42. The Morgan fingerprint density at radius 2 is 2.24 bits per heavy atom. The number of nitrogens with one attached hydrogen (secondary N) is 3. The lowest BCUT2D eigenvalue weighted by Crippen LogP contribution is -2.28. The third-order valence-corrected chi connectivity index (χ3v) is 4.67. The van der Waals surface area contributed by atoms with Crippen LogP contribution in [-0.4, -0.2) is 56.6 Å². The number of fused-ring (bicyclic) bond motifs is 1. The molecule has 1 aliphatic heterocycles. The molecule has 3 N–H and O–H groups in total. The maximum absolute atomic E-state index is 11.4. The van der Waals surface area contributed by atoms with Gasteiger partial charge in [-0.15, -0.1) is 11.6 Å². The highest BCUT2D eigenvalue weighted by atomic mass is 35.5. The summed E-state index contributed by atoms with van der Waals surface area (Å²) in [5.41, 5.74) is 0.294. The molecular formula is C17H19ClN6O. The molecule has 1 fully saturated rings. The number of rotatable bonds is 5. The number of nitrogens with zero attached hydrogens (tertiary/aromatic N) is 3. The summed E-state index contributed by atoms with van der Waals surface area (Å²) in [6.07, 6.45) is 1.05. The van der Waals surface area contributed by atoms with Crippen molar-refractivity contribution in [3.05, 3.63) is 40.8 Å². The van der Waals surface area contributed by atoms with Gasteiger partial charge in [-0.1, -0.05) is 24.3 Å². The first-order valence-electron chi connectivity index (χ1n) is 8.32. The van der Waals surface area contributed by atoms with Gasteiger partial charge in [0.25, 0.3) is 0 Å². The van der Waals surface area contributed by atoms with Gasteiger partial charge >= 0.3 is 5.69 Å². The van der Waals surface area contributed by atoms with Crippen LogP contribution in [0.15, 0.2) is 35.1 Å². The van der Waals surface area contributed by atoms with Crippen molar-refractivity contribution in [2.75, 3.05) is 30.8 Å². The van der Waals surface area contributed by atoms with Crippen molar-refractivity contribution in [3.8, 4) is 11.5 Å². The van der Waals surface area contributed by atoms with Gasteiger partial charge in [0.15, 0.2) is 5.82 Å². The molecule has 0 unspecified atom stereocenters. The molecule has 130 valence electrons. The van der Waals surface area contributed by atoms with E-state index in [1.807, 2.05) is 30.3 Å². The van der Waals surface area contributed by atoms with E-state index in [0.717, 1.165) is 42.6 Å². The molecule has 1 aromatic carbocycles. The highest BCUT2D eigenvalue weighted by Crippen LogP contribution is 2.27. The van der Waals surface area contributed by atoms with Crippen LogP contribution in [0.1, 0.15) is 6.42 Å². The molecule has 1 aliphatic rings. The molecule has 4 rings (SSSR count). The number of aromatic nitrogens is 4. The minimum Gasteiger partial charge on any atom is -0.365 e. The Hall–Kier alpha value is -2.38. The Morgan fingerprint density at radius 1 is 1.36 bits per heavy atom. The van der Waals surface area contributed by atoms with Gasteiger partial charge in [0, 0.05) is 36.9 Å². The van der Waals surface area contributed by atoms with Crippen LogP contribution >= 0.6 is 11.6 Å². The zero-order valence-corrected chi connectivity index (χ0v) is 14.4. The van der Waals surface area contributed by atoms with Crippen molar-refractivity contribution in [2.45, 2.75) is 12.5 Å². The van der Waals surface area contributed by atoms with Crippen molar-refractivity contribution < 1.29 is 0 Å². The number of anilines is 1. The Morgan fingerprint density at radius 3 is 3.04 bits per heavy atom. The van der Waals surface area contributed by atoms with E-state index in [9.17, 15) is 4.79 Å². The van der Waals surface area contributed by atoms with Crippen LogP contribution in [0.4, 0.5) is 5.82 Å². The molecule has 0 aliphatic carbocycles. The van der Waals surface area contributed by atoms with E-state index in [-0.39, 0.29) is 5.69 Å². The highest BCUT2D eigenvalue weighted by molar-refractivity contribution is 6.18. The average Bonchev–Trinajstić information content (AvgIpc) is 3.24. The van der Waals surface area contributed by atoms with E-state index >= 15 is 0 Å². The zero-order chi connectivity index (χ0) is 17.2. The molecule has 0 amide bonds. The maximum Gasteiger partial charge on any atom is 0.340 e. The van der Waals surface area contributed by atoms with Crippen molar-refractivity contribution in [3.63, 3.8) is 0 Å². The molecule has 0 radical (unpaired) electrons. The van der Waals surface area contributed by atoms with E-state index in [1.165, 1.54) is 0 Å². The van der Waals surface area contributed by atoms with Crippen LogP contribution in [0.3, 0.4) is 0 Å². The highest BCUT2D eigenvalue weighted by Gasteiger charge is 2.23. The minimum absolute atomic E-state index is 0.326. The summed E-state index contributed by atoms with van der Waals surface area (Å²) in [5, 5.41) is 12.1. The number of alkyl halides is 1. The number of halogens is 1. The number of benzene rings is 1. The second-order valence-corrected chi connectivity index (χ2v) is 6.60. The Bertz CT molecular complexity index is 936. The first kappa shape index (κ1) is 16.1. The molecule has 1 atom stereocenters. The fourth-order valence-electron chi connectivity index (χ4n) is 3.29. The molecule has 25 heavy (non-hydrogen) atoms. The molecule has 1 saturated heterocycles. The van der Waals surface area contributed by atoms with Gasteiger partial charge in [-0.3, -0.25) is 4.98 Å². The van der Waals surface area contributed by atoms with E-state index in [0.29, 0.717) is 23.4 Å². The SMILES string of the molecule is O=c1[nH]nc(-c2cc3ccccc3c(N[C@H]3CCN(CCCl)C3)n2)[nH]1. The van der Waals surface area contributed by atoms with E-state index in [1.54, 1.807) is 0 Å². The van der Waals surface area contributed by atoms with Crippen molar-refractivity contribution >= 4 is 28.2 Å². The maximum atomic E-state index is 11.4. The number of aromatic amines is 2. The lowest BCUT2D eigenvalue weighted by molar-refractivity contribution is 0.358. The first-order valence-corrected chi connectivity index (χ1v) is 8.86. The van der Waals surface area contributed by atoms with Gasteiger partial charge in [0.2, 0.25) is 0 Å². The predicted molar refractivity (Wildman–Crippen MR) is 99.1 cm³/mol. The molecule has 2 aromatic heterocycles.